The second-order valence-electron chi connectivity index (χ2n) is 11.2. The van der Waals surface area contributed by atoms with E-state index in [-0.39, 0.29) is 11.3 Å². The number of carbonyl (C=O) groups is 3. The highest BCUT2D eigenvalue weighted by molar-refractivity contribution is 7.86. The predicted molar refractivity (Wildman–Crippen MR) is 135 cm³/mol. The van der Waals surface area contributed by atoms with E-state index in [9.17, 15) is 22.8 Å². The quantitative estimate of drug-likeness (QED) is 0.379. The summed E-state index contributed by atoms with van der Waals surface area (Å²) in [5.41, 5.74) is -1.14. The molecule has 10 nitrogen and oxygen atoms in total. The molecule has 1 aliphatic heterocycles. The predicted octanol–water partition coefficient (Wildman–Crippen LogP) is 3.85. The molecule has 210 valence electrons. The third-order valence-electron chi connectivity index (χ3n) is 9.09. The monoisotopic (exact) mass is 560 g/mol. The molecule has 3 fully saturated rings. The van der Waals surface area contributed by atoms with Gasteiger partial charge in [0.25, 0.3) is 10.1 Å². The molecular formula is C28H32O10S. The number of cyclic esters (lactones) is 1. The van der Waals surface area contributed by atoms with Crippen LogP contribution < -0.4 is 4.74 Å². The number of hydrogen-bond acceptors (Lipinski definition) is 10. The lowest BCUT2D eigenvalue weighted by Gasteiger charge is -2.61. The molecule has 39 heavy (non-hydrogen) atoms. The molecule has 0 N–H and O–H groups in total. The van der Waals surface area contributed by atoms with Gasteiger partial charge < -0.3 is 18.6 Å². The normalized spacial score (nSPS) is 34.4. The molecular weight excluding hydrogens is 528 g/mol. The maximum Gasteiger partial charge on any atom is 0.310 e. The van der Waals surface area contributed by atoms with Gasteiger partial charge in [-0.3, -0.25) is 18.6 Å². The fourth-order valence-corrected chi connectivity index (χ4v) is 8.25. The Balaban J connectivity index is 1.55. The van der Waals surface area contributed by atoms with Gasteiger partial charge in [-0.05, 0) is 66.8 Å². The Hall–Kier alpha value is -3.18. The van der Waals surface area contributed by atoms with Gasteiger partial charge in [0.1, 0.15) is 18.0 Å². The lowest BCUT2D eigenvalue weighted by Crippen LogP contribution is -2.64. The molecule has 7 atom stereocenters. The first-order valence-electron chi connectivity index (χ1n) is 12.9. The molecule has 2 saturated carbocycles. The van der Waals surface area contributed by atoms with Crippen LogP contribution in [0.5, 0.6) is 5.75 Å². The Morgan fingerprint density at radius 3 is 2.38 bits per heavy atom. The van der Waals surface area contributed by atoms with Gasteiger partial charge in [-0.1, -0.05) is 13.8 Å². The highest BCUT2D eigenvalue weighted by Gasteiger charge is 2.67. The molecule has 0 unspecified atom stereocenters. The highest BCUT2D eigenvalue weighted by atomic mass is 32.2. The van der Waals surface area contributed by atoms with Gasteiger partial charge in [0.2, 0.25) is 0 Å². The second kappa shape index (κ2) is 9.78. The summed E-state index contributed by atoms with van der Waals surface area (Å²) < 4.78 is 53.2. The van der Waals surface area contributed by atoms with Crippen molar-refractivity contribution < 1.29 is 45.6 Å². The molecule has 2 aromatic rings. The molecule has 5 rings (SSSR count). The van der Waals surface area contributed by atoms with Crippen LogP contribution in [0, 0.1) is 28.6 Å². The molecule has 0 bridgehead atoms. The summed E-state index contributed by atoms with van der Waals surface area (Å²) in [6.07, 6.45) is 1.88. The number of furan rings is 1. The number of Topliss-reactive ketones (excluding diaryl/α,β-unsaturated/α-hetero) is 1. The van der Waals surface area contributed by atoms with Crippen LogP contribution in [0.1, 0.15) is 51.2 Å². The smallest absolute Gasteiger partial charge is 0.310 e. The van der Waals surface area contributed by atoms with Gasteiger partial charge in [0, 0.05) is 11.5 Å². The zero-order valence-electron chi connectivity index (χ0n) is 22.2. The zero-order valence-corrected chi connectivity index (χ0v) is 23.1. The van der Waals surface area contributed by atoms with Gasteiger partial charge in [0.05, 0.1) is 43.5 Å². The van der Waals surface area contributed by atoms with Crippen molar-refractivity contribution in [2.45, 2.75) is 56.6 Å². The average molecular weight is 561 g/mol. The average Bonchev–Trinajstić information content (AvgIpc) is 3.44. The molecule has 1 saturated heterocycles. The topological polar surface area (TPSA) is 135 Å². The van der Waals surface area contributed by atoms with E-state index in [4.69, 9.17) is 22.8 Å². The van der Waals surface area contributed by atoms with Crippen LogP contribution in [0.15, 0.2) is 52.2 Å². The van der Waals surface area contributed by atoms with Crippen molar-refractivity contribution in [3.05, 3.63) is 48.4 Å². The minimum Gasteiger partial charge on any atom is -0.497 e. The number of esters is 2. The number of benzene rings is 1. The van der Waals surface area contributed by atoms with Gasteiger partial charge in [-0.15, -0.1) is 0 Å². The van der Waals surface area contributed by atoms with E-state index < -0.39 is 68.6 Å². The Morgan fingerprint density at radius 1 is 1.05 bits per heavy atom. The fraction of sp³-hybridized carbons (Fsp3) is 0.536. The van der Waals surface area contributed by atoms with Gasteiger partial charge in [-0.25, -0.2) is 0 Å². The molecule has 0 spiro atoms. The standard InChI is InChI=1S/C28H32O10S/c1-27-11-9-19-26(31)37-22(16-10-12-36-15-16)14-28(19,2)24(27)23(29)21(13-20(27)25(30)35-4)38-39(32,33)18-7-5-17(34-3)6-8-18/h5-8,10,12,15,19-22,24H,9,11,13-14H2,1-4H3/t19-,20+,21+,22+,24+,27+,28+/m1/s1. The number of methoxy groups -OCH3 is 2. The summed E-state index contributed by atoms with van der Waals surface area (Å²) in [6.45, 7) is 3.72. The van der Waals surface area contributed by atoms with Crippen molar-refractivity contribution in [1.29, 1.82) is 0 Å². The van der Waals surface area contributed by atoms with Crippen LogP contribution in [0.25, 0.3) is 0 Å². The van der Waals surface area contributed by atoms with Crippen molar-refractivity contribution >= 4 is 27.8 Å². The van der Waals surface area contributed by atoms with Crippen LogP contribution in [-0.4, -0.2) is 46.5 Å². The Bertz CT molecular complexity index is 1370. The van der Waals surface area contributed by atoms with E-state index in [0.717, 1.165) is 0 Å². The van der Waals surface area contributed by atoms with E-state index >= 15 is 0 Å². The summed E-state index contributed by atoms with van der Waals surface area (Å²) >= 11 is 0. The molecule has 0 amide bonds. The van der Waals surface area contributed by atoms with Crippen LogP contribution >= 0.6 is 0 Å². The van der Waals surface area contributed by atoms with E-state index in [2.05, 4.69) is 0 Å². The van der Waals surface area contributed by atoms with Crippen molar-refractivity contribution in [2.24, 2.45) is 28.6 Å². The Kier molecular flexibility index (Phi) is 6.87. The van der Waals surface area contributed by atoms with Crippen molar-refractivity contribution in [3.63, 3.8) is 0 Å². The maximum absolute atomic E-state index is 14.3. The van der Waals surface area contributed by atoms with Crippen LogP contribution in [-0.2, 0) is 38.2 Å². The van der Waals surface area contributed by atoms with E-state index in [1.54, 1.807) is 6.07 Å². The molecule has 2 heterocycles. The summed E-state index contributed by atoms with van der Waals surface area (Å²) in [7, 11) is -1.65. The molecule has 2 aliphatic carbocycles. The highest BCUT2D eigenvalue weighted by Crippen LogP contribution is 2.65. The fourth-order valence-electron chi connectivity index (χ4n) is 7.19. The summed E-state index contributed by atoms with van der Waals surface area (Å²) in [5, 5.41) is 0. The number of hydrogen-bond donors (Lipinski definition) is 0. The largest absolute Gasteiger partial charge is 0.497 e. The first kappa shape index (κ1) is 27.4. The third kappa shape index (κ3) is 4.45. The molecule has 1 aromatic carbocycles. The minimum atomic E-state index is -4.37. The Labute approximate surface area is 227 Å². The van der Waals surface area contributed by atoms with Gasteiger partial charge in [-0.2, -0.15) is 8.42 Å². The van der Waals surface area contributed by atoms with Gasteiger partial charge in [0.15, 0.2) is 5.78 Å². The number of ether oxygens (including phenoxy) is 3. The summed E-state index contributed by atoms with van der Waals surface area (Å²) in [6, 6.07) is 7.31. The zero-order chi connectivity index (χ0) is 28.2. The van der Waals surface area contributed by atoms with E-state index in [1.807, 2.05) is 13.8 Å². The number of fused-ring (bicyclic) bond motifs is 3. The van der Waals surface area contributed by atoms with Crippen LogP contribution in [0.3, 0.4) is 0 Å². The van der Waals surface area contributed by atoms with Crippen LogP contribution in [0.2, 0.25) is 0 Å². The third-order valence-corrected chi connectivity index (χ3v) is 10.4. The van der Waals surface area contributed by atoms with Crippen molar-refractivity contribution in [2.75, 3.05) is 14.2 Å². The number of carbonyl (C=O) groups excluding carboxylic acids is 3. The van der Waals surface area contributed by atoms with Gasteiger partial charge >= 0.3 is 11.9 Å². The lowest BCUT2D eigenvalue weighted by molar-refractivity contribution is -0.206. The van der Waals surface area contributed by atoms with Crippen molar-refractivity contribution in [1.82, 2.24) is 0 Å². The number of ketones is 1. The van der Waals surface area contributed by atoms with E-state index in [1.165, 1.54) is 51.0 Å². The second-order valence-corrected chi connectivity index (χ2v) is 12.7. The molecule has 11 heteroatoms. The Morgan fingerprint density at radius 2 is 1.77 bits per heavy atom. The summed E-state index contributed by atoms with van der Waals surface area (Å²) in [4.78, 5) is 40.5. The molecule has 0 radical (unpaired) electrons. The first-order chi connectivity index (χ1) is 18.4. The molecule has 1 aromatic heterocycles. The van der Waals surface area contributed by atoms with E-state index in [0.29, 0.717) is 30.6 Å². The number of rotatable bonds is 6. The first-order valence-corrected chi connectivity index (χ1v) is 14.3. The summed E-state index contributed by atoms with van der Waals surface area (Å²) in [5.74, 6) is -3.22. The minimum absolute atomic E-state index is 0.145. The lowest BCUT2D eigenvalue weighted by atomic mass is 9.43. The maximum atomic E-state index is 14.3. The molecule has 3 aliphatic rings. The SMILES string of the molecule is COC(=O)[C@@H]1C[C@H](OS(=O)(=O)c2ccc(OC)cc2)C(=O)[C@@H]2[C@@]3(C)C[C@@H](c4ccoc4)OC(=O)[C@H]3CC[C@]21C. The van der Waals surface area contributed by atoms with Crippen molar-refractivity contribution in [3.8, 4) is 5.75 Å². The van der Waals surface area contributed by atoms with Crippen LogP contribution in [0.4, 0.5) is 0 Å².